The van der Waals surface area contributed by atoms with Crippen molar-refractivity contribution in [3.63, 3.8) is 0 Å². The van der Waals surface area contributed by atoms with Gasteiger partial charge in [-0.05, 0) is 19.8 Å². The Hall–Kier alpha value is -0.0800. The van der Waals surface area contributed by atoms with Crippen LogP contribution in [0.5, 0.6) is 0 Å². The van der Waals surface area contributed by atoms with E-state index in [1.54, 1.807) is 0 Å². The number of nitrogens with one attached hydrogen (secondary N) is 1. The first kappa shape index (κ1) is 9.92. The Morgan fingerprint density at radius 1 is 1.50 bits per heavy atom. The molecule has 0 spiro atoms. The fourth-order valence-corrected chi connectivity index (χ4v) is 0.845. The minimum Gasteiger partial charge on any atom is -0.299 e. The third-order valence-corrected chi connectivity index (χ3v) is 1.42. The monoisotopic (exact) mass is 144 g/mol. The van der Waals surface area contributed by atoms with Crippen molar-refractivity contribution in [3.05, 3.63) is 6.92 Å². The molecule has 0 saturated heterocycles. The predicted molar refractivity (Wildman–Crippen MR) is 43.4 cm³/mol. The van der Waals surface area contributed by atoms with Gasteiger partial charge in [0.2, 0.25) is 0 Å². The SMILES string of the molecule is [CH2]CNOC(CC)CCC. The molecule has 1 N–H and O–H groups in total. The third-order valence-electron chi connectivity index (χ3n) is 1.42. The van der Waals surface area contributed by atoms with Crippen LogP contribution in [0.4, 0.5) is 0 Å². The Bertz CT molecular complexity index is 66.3. The van der Waals surface area contributed by atoms with E-state index < -0.39 is 0 Å². The number of hydroxylamine groups is 1. The van der Waals surface area contributed by atoms with E-state index in [1.165, 1.54) is 6.42 Å². The molecule has 1 unspecified atom stereocenters. The minimum absolute atomic E-state index is 0.367. The molecule has 10 heavy (non-hydrogen) atoms. The van der Waals surface area contributed by atoms with E-state index in [-0.39, 0.29) is 0 Å². The smallest absolute Gasteiger partial charge is 0.0787 e. The van der Waals surface area contributed by atoms with Gasteiger partial charge in [0.25, 0.3) is 0 Å². The molecule has 0 aliphatic carbocycles. The van der Waals surface area contributed by atoms with Crippen molar-refractivity contribution < 1.29 is 4.84 Å². The van der Waals surface area contributed by atoms with Crippen LogP contribution in [0.3, 0.4) is 0 Å². The summed E-state index contributed by atoms with van der Waals surface area (Å²) in [4.78, 5) is 5.27. The summed E-state index contributed by atoms with van der Waals surface area (Å²) < 4.78 is 0. The highest BCUT2D eigenvalue weighted by Gasteiger charge is 2.02. The summed E-state index contributed by atoms with van der Waals surface area (Å²) in [6.45, 7) is 8.55. The molecule has 0 aromatic rings. The highest BCUT2D eigenvalue weighted by atomic mass is 16.7. The topological polar surface area (TPSA) is 21.3 Å². The molecule has 61 valence electrons. The van der Waals surface area contributed by atoms with Gasteiger partial charge in [0.05, 0.1) is 6.10 Å². The highest BCUT2D eigenvalue weighted by Crippen LogP contribution is 2.03. The molecule has 0 amide bonds. The summed E-state index contributed by atoms with van der Waals surface area (Å²) in [7, 11) is 0. The predicted octanol–water partition coefficient (Wildman–Crippen LogP) is 1.92. The molecule has 1 radical (unpaired) electrons. The molecule has 0 aliphatic heterocycles. The van der Waals surface area contributed by atoms with E-state index in [2.05, 4.69) is 26.3 Å². The maximum Gasteiger partial charge on any atom is 0.0787 e. The van der Waals surface area contributed by atoms with Gasteiger partial charge < -0.3 is 0 Å². The summed E-state index contributed by atoms with van der Waals surface area (Å²) in [5.74, 6) is 0. The van der Waals surface area contributed by atoms with Crippen LogP contribution in [0.2, 0.25) is 0 Å². The van der Waals surface area contributed by atoms with Gasteiger partial charge in [0.1, 0.15) is 0 Å². The Kier molecular flexibility index (Phi) is 6.98. The average Bonchev–Trinajstić information content (AvgIpc) is 1.98. The zero-order valence-electron chi connectivity index (χ0n) is 7.02. The van der Waals surface area contributed by atoms with Crippen LogP contribution in [-0.4, -0.2) is 12.6 Å². The van der Waals surface area contributed by atoms with Gasteiger partial charge in [-0.1, -0.05) is 20.3 Å². The fourth-order valence-electron chi connectivity index (χ4n) is 0.845. The maximum absolute atomic E-state index is 5.27. The molecular formula is C8H18NO. The second-order valence-corrected chi connectivity index (χ2v) is 2.33. The number of hydrogen-bond donors (Lipinski definition) is 1. The Morgan fingerprint density at radius 2 is 2.20 bits per heavy atom. The van der Waals surface area contributed by atoms with Crippen LogP contribution in [0, 0.1) is 6.92 Å². The van der Waals surface area contributed by atoms with Crippen molar-refractivity contribution in [2.75, 3.05) is 6.54 Å². The van der Waals surface area contributed by atoms with Gasteiger partial charge in [-0.3, -0.25) is 4.84 Å². The molecule has 0 bridgehead atoms. The fraction of sp³-hybridized carbons (Fsp3) is 0.875. The van der Waals surface area contributed by atoms with Gasteiger partial charge in [-0.25, -0.2) is 5.48 Å². The second kappa shape index (κ2) is 7.03. The van der Waals surface area contributed by atoms with Crippen LogP contribution in [0.25, 0.3) is 0 Å². The van der Waals surface area contributed by atoms with Gasteiger partial charge in [-0.15, -0.1) is 0 Å². The molecule has 2 heteroatoms. The first-order chi connectivity index (χ1) is 4.85. The standard InChI is InChI=1S/C8H18NO/c1-4-7-8(5-2)10-9-6-3/h8-9H,3-7H2,1-2H3. The van der Waals surface area contributed by atoms with E-state index in [0.717, 1.165) is 12.8 Å². The minimum atomic E-state index is 0.367. The summed E-state index contributed by atoms with van der Waals surface area (Å²) in [6.07, 6.45) is 3.74. The normalized spacial score (nSPS) is 13.5. The zero-order chi connectivity index (χ0) is 7.82. The summed E-state index contributed by atoms with van der Waals surface area (Å²) in [6, 6.07) is 0. The van der Waals surface area contributed by atoms with Crippen molar-refractivity contribution >= 4 is 0 Å². The quantitative estimate of drug-likeness (QED) is 0.575. The van der Waals surface area contributed by atoms with Crippen molar-refractivity contribution in [2.24, 2.45) is 0 Å². The molecule has 2 nitrogen and oxygen atoms in total. The number of rotatable bonds is 6. The van der Waals surface area contributed by atoms with E-state index >= 15 is 0 Å². The number of hydrogen-bond acceptors (Lipinski definition) is 2. The molecule has 0 rings (SSSR count). The van der Waals surface area contributed by atoms with Gasteiger partial charge >= 0.3 is 0 Å². The van der Waals surface area contributed by atoms with Crippen molar-refractivity contribution in [1.82, 2.24) is 5.48 Å². The first-order valence-electron chi connectivity index (χ1n) is 4.02. The molecule has 0 fully saturated rings. The first-order valence-corrected chi connectivity index (χ1v) is 4.02. The Labute approximate surface area is 63.9 Å². The molecule has 0 heterocycles. The molecule has 0 aromatic carbocycles. The molecule has 0 saturated carbocycles. The Morgan fingerprint density at radius 3 is 2.60 bits per heavy atom. The molecule has 1 atom stereocenters. The summed E-state index contributed by atoms with van der Waals surface area (Å²) in [5.41, 5.74) is 2.77. The lowest BCUT2D eigenvalue weighted by Gasteiger charge is -2.13. The van der Waals surface area contributed by atoms with Crippen LogP contribution < -0.4 is 5.48 Å². The van der Waals surface area contributed by atoms with E-state index in [4.69, 9.17) is 4.84 Å². The zero-order valence-corrected chi connectivity index (χ0v) is 7.02. The molecule has 0 aliphatic rings. The van der Waals surface area contributed by atoms with Crippen molar-refractivity contribution in [1.29, 1.82) is 0 Å². The summed E-state index contributed by atoms with van der Waals surface area (Å²) >= 11 is 0. The highest BCUT2D eigenvalue weighted by molar-refractivity contribution is 4.52. The van der Waals surface area contributed by atoms with Crippen LogP contribution >= 0.6 is 0 Å². The van der Waals surface area contributed by atoms with E-state index in [9.17, 15) is 0 Å². The lowest BCUT2D eigenvalue weighted by molar-refractivity contribution is -0.0256. The van der Waals surface area contributed by atoms with Gasteiger partial charge in [0, 0.05) is 6.54 Å². The van der Waals surface area contributed by atoms with Crippen LogP contribution in [0.15, 0.2) is 0 Å². The summed E-state index contributed by atoms with van der Waals surface area (Å²) in [5, 5.41) is 0. The van der Waals surface area contributed by atoms with E-state index in [1.807, 2.05) is 0 Å². The van der Waals surface area contributed by atoms with Gasteiger partial charge in [0.15, 0.2) is 0 Å². The van der Waals surface area contributed by atoms with Crippen LogP contribution in [-0.2, 0) is 4.84 Å². The molecular weight excluding hydrogens is 126 g/mol. The van der Waals surface area contributed by atoms with Crippen molar-refractivity contribution in [2.45, 2.75) is 39.2 Å². The lowest BCUT2D eigenvalue weighted by atomic mass is 10.2. The second-order valence-electron chi connectivity index (χ2n) is 2.33. The maximum atomic E-state index is 5.27. The van der Waals surface area contributed by atoms with E-state index in [0.29, 0.717) is 12.6 Å². The lowest BCUT2D eigenvalue weighted by Crippen LogP contribution is -2.23. The Balaban J connectivity index is 3.21. The third kappa shape index (κ3) is 4.77. The van der Waals surface area contributed by atoms with Crippen molar-refractivity contribution in [3.8, 4) is 0 Å². The average molecular weight is 144 g/mol. The van der Waals surface area contributed by atoms with Crippen LogP contribution in [0.1, 0.15) is 33.1 Å². The van der Waals surface area contributed by atoms with Gasteiger partial charge in [-0.2, -0.15) is 0 Å². The molecule has 0 aromatic heterocycles. The largest absolute Gasteiger partial charge is 0.299 e.